The van der Waals surface area contributed by atoms with Crippen molar-refractivity contribution in [3.05, 3.63) is 29.8 Å². The molecule has 130 valence electrons. The molecule has 1 amide bonds. The van der Waals surface area contributed by atoms with Gasteiger partial charge in [-0.2, -0.15) is 11.8 Å². The molecule has 0 saturated carbocycles. The molecule has 0 bridgehead atoms. The van der Waals surface area contributed by atoms with Crippen LogP contribution in [0.25, 0.3) is 0 Å². The Morgan fingerprint density at radius 1 is 1.48 bits per heavy atom. The van der Waals surface area contributed by atoms with Gasteiger partial charge in [-0.3, -0.25) is 4.79 Å². The zero-order valence-corrected chi connectivity index (χ0v) is 15.7. The lowest BCUT2D eigenvalue weighted by Crippen LogP contribution is -2.44. The molecule has 0 aliphatic carbocycles. The summed E-state index contributed by atoms with van der Waals surface area (Å²) in [7, 11) is 3.59. The molecule has 1 aliphatic rings. The number of hydrogen-bond donors (Lipinski definition) is 1. The minimum Gasteiger partial charge on any atom is -0.496 e. The van der Waals surface area contributed by atoms with Gasteiger partial charge in [-0.05, 0) is 25.0 Å². The first kappa shape index (κ1) is 20.1. The summed E-state index contributed by atoms with van der Waals surface area (Å²) in [6.45, 7) is 3.09. The smallest absolute Gasteiger partial charge is 0.224 e. The van der Waals surface area contributed by atoms with Crippen LogP contribution < -0.4 is 10.1 Å². The number of carbonyl (C=O) groups is 1. The molecule has 2 unspecified atom stereocenters. The van der Waals surface area contributed by atoms with Gasteiger partial charge in [0.1, 0.15) is 5.75 Å². The first-order valence-electron chi connectivity index (χ1n) is 7.80. The fraction of sp³-hybridized carbons (Fsp3) is 0.588. The van der Waals surface area contributed by atoms with Crippen molar-refractivity contribution in [1.82, 2.24) is 10.2 Å². The summed E-state index contributed by atoms with van der Waals surface area (Å²) in [5, 5.41) is 3.42. The van der Waals surface area contributed by atoms with Crippen LogP contribution in [0.5, 0.6) is 5.75 Å². The highest BCUT2D eigenvalue weighted by molar-refractivity contribution is 7.99. The van der Waals surface area contributed by atoms with E-state index in [2.05, 4.69) is 18.3 Å². The number of thioether (sulfide) groups is 1. The quantitative estimate of drug-likeness (QED) is 0.848. The predicted molar refractivity (Wildman–Crippen MR) is 99.9 cm³/mol. The van der Waals surface area contributed by atoms with Crippen LogP contribution in [0.2, 0.25) is 0 Å². The molecule has 0 spiro atoms. The van der Waals surface area contributed by atoms with Gasteiger partial charge in [0.2, 0.25) is 5.91 Å². The summed E-state index contributed by atoms with van der Waals surface area (Å²) in [5.41, 5.74) is 1.14. The van der Waals surface area contributed by atoms with Gasteiger partial charge in [0.05, 0.1) is 7.11 Å². The highest BCUT2D eigenvalue weighted by atomic mass is 35.5. The summed E-state index contributed by atoms with van der Waals surface area (Å²) in [5.74, 6) is 3.27. The Kier molecular flexibility index (Phi) is 8.81. The van der Waals surface area contributed by atoms with Gasteiger partial charge < -0.3 is 15.0 Å². The normalized spacial score (nSPS) is 18.7. The SMILES string of the molecule is COc1ccccc1CC(C)N(C)C(=O)CC1CSCCN1.Cl. The Balaban J connectivity index is 0.00000264. The van der Waals surface area contributed by atoms with Crippen LogP contribution >= 0.6 is 24.2 Å². The number of nitrogens with one attached hydrogen (secondary N) is 1. The number of rotatable bonds is 6. The molecule has 0 aromatic heterocycles. The van der Waals surface area contributed by atoms with Crippen molar-refractivity contribution in [1.29, 1.82) is 0 Å². The van der Waals surface area contributed by atoms with E-state index < -0.39 is 0 Å². The number of likely N-dealkylation sites (N-methyl/N-ethyl adjacent to an activating group) is 1. The minimum atomic E-state index is 0. The van der Waals surface area contributed by atoms with Crippen molar-refractivity contribution >= 4 is 30.1 Å². The summed E-state index contributed by atoms with van der Waals surface area (Å²) in [6, 6.07) is 8.47. The van der Waals surface area contributed by atoms with Crippen LogP contribution in [0, 0.1) is 0 Å². The molecule has 1 aromatic carbocycles. The van der Waals surface area contributed by atoms with E-state index in [0.29, 0.717) is 12.5 Å². The van der Waals surface area contributed by atoms with Crippen LogP contribution in [0.3, 0.4) is 0 Å². The van der Waals surface area contributed by atoms with Crippen LogP contribution in [0.4, 0.5) is 0 Å². The Morgan fingerprint density at radius 3 is 2.87 bits per heavy atom. The number of halogens is 1. The van der Waals surface area contributed by atoms with E-state index >= 15 is 0 Å². The number of amides is 1. The molecule has 2 rings (SSSR count). The van der Waals surface area contributed by atoms with E-state index in [1.54, 1.807) is 7.11 Å². The van der Waals surface area contributed by atoms with E-state index in [1.165, 1.54) is 0 Å². The zero-order chi connectivity index (χ0) is 15.9. The monoisotopic (exact) mass is 358 g/mol. The fourth-order valence-electron chi connectivity index (χ4n) is 2.68. The van der Waals surface area contributed by atoms with Gasteiger partial charge in [-0.15, -0.1) is 12.4 Å². The van der Waals surface area contributed by atoms with E-state index in [9.17, 15) is 4.79 Å². The second kappa shape index (κ2) is 10.1. The van der Waals surface area contributed by atoms with Gasteiger partial charge in [-0.1, -0.05) is 18.2 Å². The summed E-state index contributed by atoms with van der Waals surface area (Å²) >= 11 is 1.92. The number of para-hydroxylation sites is 1. The number of methoxy groups -OCH3 is 1. The number of ether oxygens (including phenoxy) is 1. The average molecular weight is 359 g/mol. The van der Waals surface area contributed by atoms with Gasteiger partial charge in [0.25, 0.3) is 0 Å². The number of benzene rings is 1. The minimum absolute atomic E-state index is 0. The van der Waals surface area contributed by atoms with Crippen molar-refractivity contribution in [2.75, 3.05) is 32.2 Å². The Bertz CT molecular complexity index is 495. The maximum absolute atomic E-state index is 12.4. The number of nitrogens with zero attached hydrogens (tertiary/aromatic N) is 1. The van der Waals surface area contributed by atoms with E-state index in [4.69, 9.17) is 4.74 Å². The molecule has 1 aromatic rings. The average Bonchev–Trinajstić information content (AvgIpc) is 2.55. The van der Waals surface area contributed by atoms with Gasteiger partial charge in [0, 0.05) is 43.6 Å². The molecule has 1 N–H and O–H groups in total. The Hall–Kier alpha value is -0.910. The molecule has 1 fully saturated rings. The summed E-state index contributed by atoms with van der Waals surface area (Å²) in [6.07, 6.45) is 1.39. The second-order valence-electron chi connectivity index (χ2n) is 5.80. The van der Waals surface area contributed by atoms with Crippen LogP contribution in [-0.4, -0.2) is 55.1 Å². The van der Waals surface area contributed by atoms with Crippen LogP contribution in [0.1, 0.15) is 18.9 Å². The summed E-state index contributed by atoms with van der Waals surface area (Å²) < 4.78 is 5.39. The predicted octanol–water partition coefficient (Wildman–Crippen LogP) is 2.60. The molecular weight excluding hydrogens is 332 g/mol. The Labute approximate surface area is 149 Å². The largest absolute Gasteiger partial charge is 0.496 e. The van der Waals surface area contributed by atoms with Crippen molar-refractivity contribution < 1.29 is 9.53 Å². The maximum Gasteiger partial charge on any atom is 0.224 e. The topological polar surface area (TPSA) is 41.6 Å². The molecule has 4 nitrogen and oxygen atoms in total. The fourth-order valence-corrected chi connectivity index (χ4v) is 3.63. The van der Waals surface area contributed by atoms with Gasteiger partial charge in [0.15, 0.2) is 0 Å². The number of hydrogen-bond acceptors (Lipinski definition) is 4. The highest BCUT2D eigenvalue weighted by Gasteiger charge is 2.22. The third kappa shape index (κ3) is 5.90. The van der Waals surface area contributed by atoms with Crippen molar-refractivity contribution in [2.45, 2.75) is 31.8 Å². The molecule has 1 heterocycles. The lowest BCUT2D eigenvalue weighted by atomic mass is 10.0. The number of carbonyl (C=O) groups excluding carboxylic acids is 1. The first-order chi connectivity index (χ1) is 10.6. The van der Waals surface area contributed by atoms with E-state index in [-0.39, 0.29) is 24.4 Å². The molecular formula is C17H27ClN2O2S. The van der Waals surface area contributed by atoms with Crippen molar-refractivity contribution in [3.63, 3.8) is 0 Å². The maximum atomic E-state index is 12.4. The Morgan fingerprint density at radius 2 is 2.22 bits per heavy atom. The molecule has 1 saturated heterocycles. The molecule has 6 heteroatoms. The zero-order valence-electron chi connectivity index (χ0n) is 14.1. The van der Waals surface area contributed by atoms with Crippen molar-refractivity contribution in [2.24, 2.45) is 0 Å². The van der Waals surface area contributed by atoms with E-state index in [1.807, 2.05) is 41.9 Å². The second-order valence-corrected chi connectivity index (χ2v) is 6.95. The standard InChI is InChI=1S/C17H26N2O2S.ClH/c1-13(10-14-6-4-5-7-16(14)21-3)19(2)17(20)11-15-12-22-9-8-18-15;/h4-7,13,15,18H,8-12H2,1-3H3;1H. The van der Waals surface area contributed by atoms with Crippen LogP contribution in [-0.2, 0) is 11.2 Å². The molecule has 2 atom stereocenters. The lowest BCUT2D eigenvalue weighted by molar-refractivity contribution is -0.132. The molecule has 23 heavy (non-hydrogen) atoms. The summed E-state index contributed by atoms with van der Waals surface area (Å²) in [4.78, 5) is 14.3. The first-order valence-corrected chi connectivity index (χ1v) is 8.96. The highest BCUT2D eigenvalue weighted by Crippen LogP contribution is 2.20. The van der Waals surface area contributed by atoms with Crippen molar-refractivity contribution in [3.8, 4) is 5.75 Å². The third-order valence-corrected chi connectivity index (χ3v) is 5.31. The third-order valence-electron chi connectivity index (χ3n) is 4.18. The van der Waals surface area contributed by atoms with Gasteiger partial charge >= 0.3 is 0 Å². The van der Waals surface area contributed by atoms with Crippen LogP contribution in [0.15, 0.2) is 24.3 Å². The van der Waals surface area contributed by atoms with E-state index in [0.717, 1.165) is 35.8 Å². The van der Waals surface area contributed by atoms with Gasteiger partial charge in [-0.25, -0.2) is 0 Å². The molecule has 0 radical (unpaired) electrons. The molecule has 1 aliphatic heterocycles. The lowest BCUT2D eigenvalue weighted by Gasteiger charge is -2.29.